The number of hydrogen-bond acceptors (Lipinski definition) is 6. The van der Waals surface area contributed by atoms with Crippen LogP contribution in [0.25, 0.3) is 11.5 Å². The highest BCUT2D eigenvalue weighted by Gasteiger charge is 2.20. The predicted octanol–water partition coefficient (Wildman–Crippen LogP) is 1.51. The Morgan fingerprint density at radius 3 is 2.69 bits per heavy atom. The van der Waals surface area contributed by atoms with Crippen molar-refractivity contribution in [2.24, 2.45) is 5.14 Å². The average Bonchev–Trinajstić information content (AvgIpc) is 3.02. The van der Waals surface area contributed by atoms with E-state index in [-0.39, 0.29) is 35.6 Å². The van der Waals surface area contributed by atoms with Crippen molar-refractivity contribution in [1.82, 2.24) is 15.5 Å². The van der Waals surface area contributed by atoms with Crippen molar-refractivity contribution in [3.05, 3.63) is 29.8 Å². The summed E-state index contributed by atoms with van der Waals surface area (Å²) < 4.78 is 41.4. The Balaban J connectivity index is 1.67. The van der Waals surface area contributed by atoms with Gasteiger partial charge < -0.3 is 9.84 Å². The minimum Gasteiger partial charge on any atom is -0.353 e. The molecule has 1 aliphatic carbocycles. The van der Waals surface area contributed by atoms with Gasteiger partial charge in [0.15, 0.2) is 5.82 Å². The van der Waals surface area contributed by atoms with E-state index in [9.17, 15) is 17.6 Å². The number of aromatic nitrogens is 2. The molecule has 26 heavy (non-hydrogen) atoms. The molecule has 2 aromatic rings. The maximum absolute atomic E-state index is 13.9. The van der Waals surface area contributed by atoms with Crippen LogP contribution in [0.5, 0.6) is 0 Å². The van der Waals surface area contributed by atoms with E-state index in [4.69, 9.17) is 9.66 Å². The molecule has 140 valence electrons. The molecule has 1 aliphatic rings. The van der Waals surface area contributed by atoms with E-state index in [1.54, 1.807) is 0 Å². The van der Waals surface area contributed by atoms with E-state index in [2.05, 4.69) is 15.5 Å². The lowest BCUT2D eigenvalue weighted by Crippen LogP contribution is -2.37. The summed E-state index contributed by atoms with van der Waals surface area (Å²) in [5.41, 5.74) is 0.196. The van der Waals surface area contributed by atoms with Crippen LogP contribution in [-0.2, 0) is 21.2 Å². The molecule has 1 aromatic carbocycles. The van der Waals surface area contributed by atoms with Crippen molar-refractivity contribution in [1.29, 1.82) is 0 Å². The summed E-state index contributed by atoms with van der Waals surface area (Å²) in [5, 5.41) is 11.6. The topological polar surface area (TPSA) is 128 Å². The van der Waals surface area contributed by atoms with Gasteiger partial charge in [0.1, 0.15) is 10.7 Å². The molecule has 0 aliphatic heterocycles. The summed E-state index contributed by atoms with van der Waals surface area (Å²) in [6.07, 6.45) is 5.31. The summed E-state index contributed by atoms with van der Waals surface area (Å²) in [6.45, 7) is 0. The molecular weight excluding hydrogens is 363 g/mol. The van der Waals surface area contributed by atoms with Crippen LogP contribution in [0.15, 0.2) is 27.6 Å². The van der Waals surface area contributed by atoms with Crippen molar-refractivity contribution >= 4 is 15.9 Å². The number of sulfonamides is 1. The monoisotopic (exact) mass is 382 g/mol. The molecule has 0 atom stereocenters. The normalized spacial score (nSPS) is 15.8. The lowest BCUT2D eigenvalue weighted by Gasteiger charge is -2.22. The van der Waals surface area contributed by atoms with Gasteiger partial charge in [0.2, 0.25) is 15.9 Å². The zero-order valence-corrected chi connectivity index (χ0v) is 14.8. The van der Waals surface area contributed by atoms with Crippen molar-refractivity contribution < 1.29 is 22.1 Å². The first kappa shape index (κ1) is 18.5. The number of rotatable bonds is 5. The molecule has 3 rings (SSSR count). The number of carbonyl (C=O) groups excluding carboxylic acids is 1. The van der Waals surface area contributed by atoms with Gasteiger partial charge in [-0.1, -0.05) is 24.4 Å². The van der Waals surface area contributed by atoms with Crippen molar-refractivity contribution in [3.63, 3.8) is 0 Å². The Bertz CT molecular complexity index is 907. The highest BCUT2D eigenvalue weighted by atomic mass is 32.2. The van der Waals surface area contributed by atoms with Gasteiger partial charge >= 0.3 is 0 Å². The Morgan fingerprint density at radius 1 is 1.31 bits per heavy atom. The van der Waals surface area contributed by atoms with Crippen molar-refractivity contribution in [2.75, 3.05) is 0 Å². The van der Waals surface area contributed by atoms with Crippen LogP contribution in [0.2, 0.25) is 0 Å². The molecule has 1 saturated carbocycles. The third-order valence-corrected chi connectivity index (χ3v) is 5.19. The quantitative estimate of drug-likeness (QED) is 0.807. The second kappa shape index (κ2) is 7.50. The van der Waals surface area contributed by atoms with E-state index in [1.807, 2.05) is 0 Å². The molecule has 1 fully saturated rings. The second-order valence-electron chi connectivity index (χ2n) is 6.29. The summed E-state index contributed by atoms with van der Waals surface area (Å²) in [5.74, 6) is -1.05. The summed E-state index contributed by atoms with van der Waals surface area (Å²) in [6, 6.07) is 3.46. The standard InChI is InChI=1S/C16H19FN4O4S/c17-12-8-10(6-7-13(12)26(18,23)24)16-20-14(21-25-16)9-15(22)19-11-4-2-1-3-5-11/h6-8,11H,1-5,9H2,(H,19,22)(H2,18,23,24). The lowest BCUT2D eigenvalue weighted by atomic mass is 9.95. The van der Waals surface area contributed by atoms with Gasteiger partial charge in [-0.2, -0.15) is 4.98 Å². The maximum Gasteiger partial charge on any atom is 0.258 e. The largest absolute Gasteiger partial charge is 0.353 e. The number of benzene rings is 1. The number of amides is 1. The molecule has 1 heterocycles. The van der Waals surface area contributed by atoms with E-state index in [1.165, 1.54) is 12.5 Å². The van der Waals surface area contributed by atoms with Crippen LogP contribution in [0.1, 0.15) is 37.9 Å². The van der Waals surface area contributed by atoms with Gasteiger partial charge in [0, 0.05) is 11.6 Å². The zero-order valence-electron chi connectivity index (χ0n) is 13.9. The number of carbonyl (C=O) groups is 1. The molecule has 10 heteroatoms. The fraction of sp³-hybridized carbons (Fsp3) is 0.438. The lowest BCUT2D eigenvalue weighted by molar-refractivity contribution is -0.121. The fourth-order valence-electron chi connectivity index (χ4n) is 2.98. The molecule has 0 unspecified atom stereocenters. The van der Waals surface area contributed by atoms with Crippen LogP contribution in [0.4, 0.5) is 4.39 Å². The third-order valence-electron chi connectivity index (χ3n) is 4.24. The Morgan fingerprint density at radius 2 is 2.04 bits per heavy atom. The smallest absolute Gasteiger partial charge is 0.258 e. The second-order valence-corrected chi connectivity index (χ2v) is 7.82. The van der Waals surface area contributed by atoms with Crippen LogP contribution in [0.3, 0.4) is 0 Å². The number of hydrogen-bond donors (Lipinski definition) is 2. The minimum atomic E-state index is -4.15. The number of primary sulfonamides is 1. The fourth-order valence-corrected chi connectivity index (χ4v) is 3.57. The SMILES string of the molecule is NS(=O)(=O)c1ccc(-c2nc(CC(=O)NC3CCCCC3)no2)cc1F. The third kappa shape index (κ3) is 4.44. The van der Waals surface area contributed by atoms with Gasteiger partial charge in [-0.15, -0.1) is 0 Å². The first-order valence-corrected chi connectivity index (χ1v) is 9.82. The van der Waals surface area contributed by atoms with E-state index in [0.29, 0.717) is 0 Å². The molecule has 1 aromatic heterocycles. The number of nitrogens with two attached hydrogens (primary N) is 1. The molecular formula is C16H19FN4O4S. The predicted molar refractivity (Wildman–Crippen MR) is 89.8 cm³/mol. The summed E-state index contributed by atoms with van der Waals surface area (Å²) in [7, 11) is -4.15. The minimum absolute atomic E-state index is 0.00895. The Kier molecular flexibility index (Phi) is 5.33. The number of halogens is 1. The van der Waals surface area contributed by atoms with E-state index in [0.717, 1.165) is 37.8 Å². The van der Waals surface area contributed by atoms with Crippen LogP contribution >= 0.6 is 0 Å². The highest BCUT2D eigenvalue weighted by molar-refractivity contribution is 7.89. The molecule has 0 bridgehead atoms. The Labute approximate surface area is 150 Å². The van der Waals surface area contributed by atoms with Crippen LogP contribution in [0, 0.1) is 5.82 Å². The molecule has 3 N–H and O–H groups in total. The van der Waals surface area contributed by atoms with Crippen molar-refractivity contribution in [2.45, 2.75) is 49.5 Å². The maximum atomic E-state index is 13.9. The van der Waals surface area contributed by atoms with Gasteiger partial charge in [0.25, 0.3) is 5.89 Å². The van der Waals surface area contributed by atoms with Gasteiger partial charge in [-0.3, -0.25) is 4.79 Å². The van der Waals surface area contributed by atoms with Crippen LogP contribution < -0.4 is 10.5 Å². The first-order valence-electron chi connectivity index (χ1n) is 8.27. The molecule has 0 radical (unpaired) electrons. The summed E-state index contributed by atoms with van der Waals surface area (Å²) in [4.78, 5) is 15.5. The molecule has 1 amide bonds. The first-order chi connectivity index (χ1) is 12.3. The number of nitrogens with zero attached hydrogens (tertiary/aromatic N) is 2. The van der Waals surface area contributed by atoms with Crippen LogP contribution in [-0.4, -0.2) is 30.5 Å². The molecule has 0 saturated heterocycles. The molecule has 0 spiro atoms. The van der Waals surface area contributed by atoms with E-state index < -0.39 is 20.7 Å². The average molecular weight is 382 g/mol. The van der Waals surface area contributed by atoms with Gasteiger partial charge in [-0.25, -0.2) is 17.9 Å². The van der Waals surface area contributed by atoms with Crippen molar-refractivity contribution in [3.8, 4) is 11.5 Å². The van der Waals surface area contributed by atoms with Gasteiger partial charge in [-0.05, 0) is 31.0 Å². The summed E-state index contributed by atoms with van der Waals surface area (Å²) >= 11 is 0. The zero-order chi connectivity index (χ0) is 18.7. The van der Waals surface area contributed by atoms with E-state index >= 15 is 0 Å². The Hall–Kier alpha value is -2.33. The van der Waals surface area contributed by atoms with Gasteiger partial charge in [0.05, 0.1) is 6.42 Å². The highest BCUT2D eigenvalue weighted by Crippen LogP contribution is 2.22. The number of nitrogens with one attached hydrogen (secondary N) is 1. The molecule has 8 nitrogen and oxygen atoms in total.